The lowest BCUT2D eigenvalue weighted by Crippen LogP contribution is -2.27. The van der Waals surface area contributed by atoms with Crippen LogP contribution in [-0.4, -0.2) is 58.6 Å². The van der Waals surface area contributed by atoms with Gasteiger partial charge in [-0.25, -0.2) is 19.9 Å². The van der Waals surface area contributed by atoms with E-state index in [1.54, 1.807) is 6.20 Å². The highest BCUT2D eigenvalue weighted by Crippen LogP contribution is 2.53. The van der Waals surface area contributed by atoms with Gasteiger partial charge in [0.25, 0.3) is 0 Å². The molecule has 20 aromatic rings. The number of benzene rings is 8. The van der Waals surface area contributed by atoms with Gasteiger partial charge in [-0.3, -0.25) is 29.5 Å². The molecule has 0 aliphatic carbocycles. The third kappa shape index (κ3) is 10.8. The molecule has 0 saturated carbocycles. The maximum Gasteiger partial charge on any atom is 0.141 e. The Morgan fingerprint density at radius 1 is 0.228 bits per heavy atom. The van der Waals surface area contributed by atoms with Gasteiger partial charge in [0.15, 0.2) is 0 Å². The summed E-state index contributed by atoms with van der Waals surface area (Å²) in [6.45, 7) is 13.9. The molecule has 15 heterocycles. The van der Waals surface area contributed by atoms with Crippen LogP contribution in [0.4, 0.5) is 0 Å². The van der Waals surface area contributed by atoms with Crippen molar-refractivity contribution < 1.29 is 0 Å². The average Bonchev–Trinajstić information content (AvgIpc) is 1.52. The second-order valence-electron chi connectivity index (χ2n) is 31.4. The van der Waals surface area contributed by atoms with Crippen molar-refractivity contribution in [2.45, 2.75) is 57.8 Å². The van der Waals surface area contributed by atoms with Crippen molar-refractivity contribution in [3.8, 4) is 107 Å². The molecule has 23 rings (SSSR count). The quantitative estimate of drug-likeness (QED) is 0.146. The molecule has 12 nitrogen and oxygen atoms in total. The second kappa shape index (κ2) is 26.4. The maximum absolute atomic E-state index is 5.28. The minimum atomic E-state index is -0.307. The smallest absolute Gasteiger partial charge is 0.141 e. The van der Waals surface area contributed by atoms with Gasteiger partial charge >= 0.3 is 0 Å². The van der Waals surface area contributed by atoms with E-state index in [1.807, 2.05) is 97.8 Å². The fraction of sp³-hybridized carbons (Fsp3) is 0.0882. The first-order valence-electron chi connectivity index (χ1n) is 38.8. The van der Waals surface area contributed by atoms with Crippen molar-refractivity contribution in [1.29, 1.82) is 0 Å². The van der Waals surface area contributed by atoms with Gasteiger partial charge in [-0.15, -0.1) is 0 Å². The highest BCUT2D eigenvalue weighted by atomic mass is 15.1. The Morgan fingerprint density at radius 3 is 1.13 bits per heavy atom. The zero-order chi connectivity index (χ0) is 76.6. The molecule has 8 aromatic carbocycles. The minimum Gasteiger partial charge on any atom is -0.307 e. The van der Waals surface area contributed by atoms with E-state index in [9.17, 15) is 0 Å². The topological polar surface area (TPSA) is 131 Å². The zero-order valence-electron chi connectivity index (χ0n) is 63.7. The fourth-order valence-electron chi connectivity index (χ4n) is 17.8. The van der Waals surface area contributed by atoms with Gasteiger partial charge in [0.1, 0.15) is 5.82 Å². The molecule has 114 heavy (non-hydrogen) atoms. The van der Waals surface area contributed by atoms with Crippen LogP contribution in [0.15, 0.2) is 341 Å². The maximum atomic E-state index is 5.28. The highest BCUT2D eigenvalue weighted by molar-refractivity contribution is 6.14. The standard InChI is InChI=1S/C37H27N3.C34H24N6.C31H23N3/c1-37(2)30-21-27(24-12-6-3-7-13-24)20-29-34-33(19-18-32(39-34)26-16-10-5-11-17-26)40(35(29)30)36-31(37)22-28(23-38-36)25-14-8-4-9-15-25;1-34(2)23-19-29(27-11-5-8-16-37-27)38-20-31(23)40-30-13-12-28(26-10-4-7-15-36-26)39-32(30)22-17-21(18-24(34)33(22)40)25-9-3-6-14-35-25;1-31(2)24-18-22(20-9-5-3-6-10-20)17-23-29-28(14-13-26(33-29)21-11-7-4-8-12-21)34(30(23)24)27-15-16-32-19-25(27)31/h3-23H,1-2H3;3-20H,1-2H3;3-19H,1-2H3. The fourth-order valence-corrected chi connectivity index (χ4v) is 17.8. The summed E-state index contributed by atoms with van der Waals surface area (Å²) in [5, 5.41) is 3.45. The predicted octanol–water partition coefficient (Wildman–Crippen LogP) is 24.2. The molecule has 0 amide bonds. The molecule has 0 N–H and O–H groups in total. The van der Waals surface area contributed by atoms with E-state index in [0.717, 1.165) is 123 Å². The molecular weight excluding hydrogens is 1390 g/mol. The first kappa shape index (κ1) is 67.6. The van der Waals surface area contributed by atoms with Crippen LogP contribution in [-0.2, 0) is 16.2 Å². The van der Waals surface area contributed by atoms with Crippen LogP contribution in [0.1, 0.15) is 74.9 Å². The molecular formula is C102H74N12. The highest BCUT2D eigenvalue weighted by Gasteiger charge is 2.41. The molecule has 0 atom stereocenters. The summed E-state index contributed by atoms with van der Waals surface area (Å²) in [7, 11) is 0. The van der Waals surface area contributed by atoms with Crippen molar-refractivity contribution in [3.63, 3.8) is 0 Å². The van der Waals surface area contributed by atoms with Crippen LogP contribution >= 0.6 is 0 Å². The summed E-state index contributed by atoms with van der Waals surface area (Å²) in [6, 6.07) is 104. The largest absolute Gasteiger partial charge is 0.307 e. The molecule has 0 saturated heterocycles. The van der Waals surface area contributed by atoms with Crippen molar-refractivity contribution >= 4 is 65.8 Å². The molecule has 12 heteroatoms. The number of fused-ring (bicyclic) bond motifs is 15. The molecule has 0 spiro atoms. The number of nitrogens with zero attached hydrogens (tertiary/aromatic N) is 12. The molecule has 0 radical (unpaired) electrons. The summed E-state index contributed by atoms with van der Waals surface area (Å²) < 4.78 is 7.05. The van der Waals surface area contributed by atoms with Gasteiger partial charge in [-0.2, -0.15) is 0 Å². The summed E-state index contributed by atoms with van der Waals surface area (Å²) in [6.07, 6.45) is 13.4. The van der Waals surface area contributed by atoms with Crippen molar-refractivity contribution in [3.05, 3.63) is 374 Å². The van der Waals surface area contributed by atoms with Crippen molar-refractivity contribution in [2.75, 3.05) is 0 Å². The number of hydrogen-bond acceptors (Lipinski definition) is 9. The Balaban J connectivity index is 0.000000108. The number of hydrogen-bond donors (Lipinski definition) is 0. The van der Waals surface area contributed by atoms with Crippen LogP contribution < -0.4 is 0 Å². The molecule has 0 fully saturated rings. The third-order valence-corrected chi connectivity index (χ3v) is 23.7. The van der Waals surface area contributed by atoms with Gasteiger partial charge in [0.05, 0.1) is 107 Å². The van der Waals surface area contributed by atoms with Crippen LogP contribution in [0.5, 0.6) is 0 Å². The van der Waals surface area contributed by atoms with Crippen molar-refractivity contribution in [2.24, 2.45) is 0 Å². The van der Waals surface area contributed by atoms with E-state index < -0.39 is 0 Å². The number of aromatic nitrogens is 12. The summed E-state index contributed by atoms with van der Waals surface area (Å²) in [5.74, 6) is 0.985. The first-order valence-corrected chi connectivity index (χ1v) is 38.8. The van der Waals surface area contributed by atoms with Crippen molar-refractivity contribution in [1.82, 2.24) is 58.6 Å². The summed E-state index contributed by atoms with van der Waals surface area (Å²) in [5.41, 5.74) is 35.6. The lowest BCUT2D eigenvalue weighted by atomic mass is 9.74. The average molecular weight is 1470 g/mol. The normalized spacial score (nSPS) is 13.6. The minimum absolute atomic E-state index is 0.181. The number of rotatable bonds is 8. The Bertz CT molecular complexity index is 6900. The van der Waals surface area contributed by atoms with Gasteiger partial charge in [0.2, 0.25) is 0 Å². The first-order chi connectivity index (χ1) is 55.8. The lowest BCUT2D eigenvalue weighted by molar-refractivity contribution is 0.625. The van der Waals surface area contributed by atoms with E-state index >= 15 is 0 Å². The van der Waals surface area contributed by atoms with E-state index in [4.69, 9.17) is 29.9 Å². The molecule has 3 aliphatic rings. The molecule has 542 valence electrons. The van der Waals surface area contributed by atoms with E-state index in [-0.39, 0.29) is 16.2 Å². The molecule has 3 aliphatic heterocycles. The summed E-state index contributed by atoms with van der Waals surface area (Å²) in [4.78, 5) is 44.0. The second-order valence-corrected chi connectivity index (χ2v) is 31.4. The Labute approximate surface area is 659 Å². The third-order valence-electron chi connectivity index (χ3n) is 23.7. The van der Waals surface area contributed by atoms with E-state index in [0.29, 0.717) is 0 Å². The van der Waals surface area contributed by atoms with Gasteiger partial charge in [0, 0.05) is 103 Å². The lowest BCUT2D eigenvalue weighted by Gasteiger charge is -2.35. The van der Waals surface area contributed by atoms with Crippen LogP contribution in [0.3, 0.4) is 0 Å². The summed E-state index contributed by atoms with van der Waals surface area (Å²) >= 11 is 0. The van der Waals surface area contributed by atoms with Gasteiger partial charge in [-0.05, 0) is 177 Å². The van der Waals surface area contributed by atoms with Gasteiger partial charge < -0.3 is 9.13 Å². The monoisotopic (exact) mass is 1470 g/mol. The zero-order valence-corrected chi connectivity index (χ0v) is 63.7. The molecule has 0 bridgehead atoms. The molecule has 0 unspecified atom stereocenters. The Kier molecular flexibility index (Phi) is 15.6. The Hall–Kier alpha value is -14.5. The van der Waals surface area contributed by atoms with Crippen LogP contribution in [0, 0.1) is 0 Å². The Morgan fingerprint density at radius 2 is 0.623 bits per heavy atom. The van der Waals surface area contributed by atoms with E-state index in [1.165, 1.54) is 83.3 Å². The van der Waals surface area contributed by atoms with E-state index in [2.05, 4.69) is 307 Å². The predicted molar refractivity (Wildman–Crippen MR) is 462 cm³/mol. The number of pyridine rings is 9. The van der Waals surface area contributed by atoms with Gasteiger partial charge in [-0.1, -0.05) is 211 Å². The van der Waals surface area contributed by atoms with Crippen LogP contribution in [0.25, 0.3) is 173 Å². The molecule has 12 aromatic heterocycles. The SMILES string of the molecule is CC1(C)c2cc(-c3ccccc3)cnc2-n2c3ccc(-c4ccccc4)nc3c3cc(-c4ccccc4)cc1c32.CC1(C)c2cc(-c3ccccn3)ncc2-n2c3ccc(-c4ccccn4)nc3c3cc(-c4ccccn4)cc1c32.CC1(C)c2cnccc2-n2c3ccc(-c4ccccc4)nc3c3cc(-c4ccccc4)cc1c32. The van der Waals surface area contributed by atoms with Crippen LogP contribution in [0.2, 0.25) is 0 Å².